The Morgan fingerprint density at radius 2 is 1.86 bits per heavy atom. The number of amides is 1. The maximum atomic E-state index is 12.2. The number of benzene rings is 2. The summed E-state index contributed by atoms with van der Waals surface area (Å²) in [6, 6.07) is 16.5. The molecule has 0 unspecified atom stereocenters. The number of ether oxygens (including phenoxy) is 2. The van der Waals surface area contributed by atoms with Crippen LogP contribution in [0.1, 0.15) is 31.1 Å². The van der Waals surface area contributed by atoms with Gasteiger partial charge < -0.3 is 24.3 Å². The predicted molar refractivity (Wildman–Crippen MR) is 111 cm³/mol. The van der Waals surface area contributed by atoms with Gasteiger partial charge in [-0.15, -0.1) is 0 Å². The van der Waals surface area contributed by atoms with Gasteiger partial charge in [0.15, 0.2) is 6.61 Å². The topological polar surface area (TPSA) is 80.9 Å². The van der Waals surface area contributed by atoms with Crippen LogP contribution in [0.3, 0.4) is 0 Å². The summed E-state index contributed by atoms with van der Waals surface area (Å²) in [5.41, 5.74) is 2.53. The number of nitrogens with one attached hydrogen (secondary N) is 1. The van der Waals surface area contributed by atoms with E-state index in [9.17, 15) is 4.79 Å². The molecule has 0 saturated heterocycles. The number of methoxy groups -OCH3 is 1. The summed E-state index contributed by atoms with van der Waals surface area (Å²) in [5.74, 6) is 2.42. The number of hydrogen-bond acceptors (Lipinski definition) is 5. The Kier molecular flexibility index (Phi) is 6.57. The molecule has 3 rings (SSSR count). The molecule has 1 heterocycles. The lowest BCUT2D eigenvalue weighted by molar-refractivity contribution is -0.118. The Bertz CT molecular complexity index is 960. The van der Waals surface area contributed by atoms with Gasteiger partial charge in [-0.1, -0.05) is 26.0 Å². The first-order valence-corrected chi connectivity index (χ1v) is 9.40. The van der Waals surface area contributed by atoms with Crippen LogP contribution in [0.2, 0.25) is 0 Å². The van der Waals surface area contributed by atoms with Crippen molar-refractivity contribution in [1.29, 1.82) is 0 Å². The zero-order chi connectivity index (χ0) is 20.8. The van der Waals surface area contributed by atoms with Gasteiger partial charge in [0.05, 0.1) is 12.7 Å². The van der Waals surface area contributed by atoms with Crippen LogP contribution in [-0.2, 0) is 11.4 Å². The molecule has 1 aromatic heterocycles. The summed E-state index contributed by atoms with van der Waals surface area (Å²) in [6.07, 6.45) is 0. The van der Waals surface area contributed by atoms with Gasteiger partial charge in [0.2, 0.25) is 0 Å². The molecular weight excluding hydrogens is 370 g/mol. The molecule has 0 saturated carbocycles. The highest BCUT2D eigenvalue weighted by molar-refractivity contribution is 5.92. The summed E-state index contributed by atoms with van der Waals surface area (Å²) in [6.45, 7) is 3.99. The highest BCUT2D eigenvalue weighted by atomic mass is 16.5. The summed E-state index contributed by atoms with van der Waals surface area (Å²) >= 11 is 0. The number of aliphatic hydroxyl groups is 1. The molecule has 2 aromatic carbocycles. The molecule has 0 bridgehead atoms. The molecule has 0 radical (unpaired) electrons. The van der Waals surface area contributed by atoms with Crippen LogP contribution in [0.4, 0.5) is 5.69 Å². The fourth-order valence-corrected chi connectivity index (χ4v) is 2.88. The van der Waals surface area contributed by atoms with E-state index in [0.717, 1.165) is 5.56 Å². The molecule has 2 N–H and O–H groups in total. The largest absolute Gasteiger partial charge is 0.496 e. The highest BCUT2D eigenvalue weighted by Gasteiger charge is 2.12. The molecule has 0 fully saturated rings. The van der Waals surface area contributed by atoms with Crippen molar-refractivity contribution in [3.63, 3.8) is 0 Å². The van der Waals surface area contributed by atoms with Gasteiger partial charge in [-0.2, -0.15) is 0 Å². The maximum absolute atomic E-state index is 12.2. The van der Waals surface area contributed by atoms with Crippen LogP contribution in [0.25, 0.3) is 11.3 Å². The van der Waals surface area contributed by atoms with E-state index < -0.39 is 0 Å². The molecule has 0 aliphatic carbocycles. The van der Waals surface area contributed by atoms with Gasteiger partial charge >= 0.3 is 0 Å². The van der Waals surface area contributed by atoms with Gasteiger partial charge in [-0.05, 0) is 47.9 Å². The number of rotatable bonds is 8. The first-order valence-electron chi connectivity index (χ1n) is 9.40. The third-order valence-electron chi connectivity index (χ3n) is 4.48. The standard InChI is InChI=1S/C23H25NO5/c1-15(2)16-4-7-18(8-5-16)28-14-23(26)24-17-6-10-20(22(12-17)27-3)21-11-9-19(13-25)29-21/h4-12,15,25H,13-14H2,1-3H3,(H,24,26). The number of hydrogen-bond donors (Lipinski definition) is 2. The second-order valence-corrected chi connectivity index (χ2v) is 6.90. The zero-order valence-electron chi connectivity index (χ0n) is 16.8. The van der Waals surface area contributed by atoms with Crippen molar-refractivity contribution in [2.45, 2.75) is 26.4 Å². The molecule has 6 heteroatoms. The molecule has 1 amide bonds. The predicted octanol–water partition coefficient (Wildman–Crippen LogP) is 4.59. The fourth-order valence-electron chi connectivity index (χ4n) is 2.88. The second kappa shape index (κ2) is 9.30. The highest BCUT2D eigenvalue weighted by Crippen LogP contribution is 2.33. The van der Waals surface area contributed by atoms with Gasteiger partial charge in [0, 0.05) is 11.8 Å². The molecule has 0 spiro atoms. The lowest BCUT2D eigenvalue weighted by Crippen LogP contribution is -2.20. The molecule has 0 aliphatic rings. The van der Waals surface area contributed by atoms with Crippen LogP contribution in [-0.4, -0.2) is 24.7 Å². The van der Waals surface area contributed by atoms with Crippen LogP contribution >= 0.6 is 0 Å². The number of furan rings is 1. The van der Waals surface area contributed by atoms with Crippen molar-refractivity contribution in [1.82, 2.24) is 0 Å². The molecule has 0 atom stereocenters. The third kappa shape index (κ3) is 5.18. The lowest BCUT2D eigenvalue weighted by atomic mass is 10.0. The summed E-state index contributed by atoms with van der Waals surface area (Å²) in [7, 11) is 1.55. The van der Waals surface area contributed by atoms with Crippen molar-refractivity contribution in [2.75, 3.05) is 19.0 Å². The first-order chi connectivity index (χ1) is 14.0. The summed E-state index contributed by atoms with van der Waals surface area (Å²) < 4.78 is 16.5. The van der Waals surface area contributed by atoms with E-state index in [-0.39, 0.29) is 19.1 Å². The number of anilines is 1. The Labute approximate surface area is 170 Å². The maximum Gasteiger partial charge on any atom is 0.262 e. The van der Waals surface area contributed by atoms with E-state index >= 15 is 0 Å². The fraction of sp³-hybridized carbons (Fsp3) is 0.261. The van der Waals surface area contributed by atoms with E-state index in [4.69, 9.17) is 19.0 Å². The molecule has 3 aromatic rings. The number of carbonyl (C=O) groups excluding carboxylic acids is 1. The smallest absolute Gasteiger partial charge is 0.262 e. The monoisotopic (exact) mass is 395 g/mol. The van der Waals surface area contributed by atoms with Crippen molar-refractivity contribution < 1.29 is 23.8 Å². The SMILES string of the molecule is COc1cc(NC(=O)COc2ccc(C(C)C)cc2)ccc1-c1ccc(CO)o1. The molecule has 29 heavy (non-hydrogen) atoms. The Balaban J connectivity index is 1.62. The minimum absolute atomic E-state index is 0.0941. The quantitative estimate of drug-likeness (QED) is 0.583. The van der Waals surface area contributed by atoms with Crippen LogP contribution < -0.4 is 14.8 Å². The third-order valence-corrected chi connectivity index (χ3v) is 4.48. The van der Waals surface area contributed by atoms with Crippen LogP contribution in [0.15, 0.2) is 59.0 Å². The van der Waals surface area contributed by atoms with E-state index in [2.05, 4.69) is 19.2 Å². The van der Waals surface area contributed by atoms with Crippen molar-refractivity contribution in [3.05, 3.63) is 65.9 Å². The Morgan fingerprint density at radius 3 is 2.48 bits per heavy atom. The Morgan fingerprint density at radius 1 is 1.10 bits per heavy atom. The van der Waals surface area contributed by atoms with Crippen LogP contribution in [0, 0.1) is 0 Å². The lowest BCUT2D eigenvalue weighted by Gasteiger charge is -2.11. The second-order valence-electron chi connectivity index (χ2n) is 6.90. The average molecular weight is 395 g/mol. The average Bonchev–Trinajstić information content (AvgIpc) is 3.21. The van der Waals surface area contributed by atoms with Crippen molar-refractivity contribution >= 4 is 11.6 Å². The molecule has 152 valence electrons. The van der Waals surface area contributed by atoms with Gasteiger partial charge in [-0.3, -0.25) is 4.79 Å². The number of carbonyl (C=O) groups is 1. The van der Waals surface area contributed by atoms with E-state index in [1.165, 1.54) is 5.56 Å². The zero-order valence-corrected chi connectivity index (χ0v) is 16.8. The molecule has 0 aliphatic heterocycles. The summed E-state index contributed by atoms with van der Waals surface area (Å²) in [4.78, 5) is 12.2. The van der Waals surface area contributed by atoms with Gasteiger partial charge in [-0.25, -0.2) is 0 Å². The van der Waals surface area contributed by atoms with Gasteiger partial charge in [0.1, 0.15) is 29.6 Å². The minimum atomic E-state index is -0.270. The van der Waals surface area contributed by atoms with E-state index in [1.54, 1.807) is 37.4 Å². The Hall–Kier alpha value is -3.25. The first kappa shape index (κ1) is 20.5. The minimum Gasteiger partial charge on any atom is -0.496 e. The summed E-state index contributed by atoms with van der Waals surface area (Å²) in [5, 5.41) is 12.0. The molecular formula is C23H25NO5. The van der Waals surface area contributed by atoms with Gasteiger partial charge in [0.25, 0.3) is 5.91 Å². The van der Waals surface area contributed by atoms with Crippen molar-refractivity contribution in [2.24, 2.45) is 0 Å². The van der Waals surface area contributed by atoms with Crippen molar-refractivity contribution in [3.8, 4) is 22.8 Å². The van der Waals surface area contributed by atoms with E-state index in [0.29, 0.717) is 34.6 Å². The molecule has 6 nitrogen and oxygen atoms in total. The normalized spacial score (nSPS) is 10.8. The van der Waals surface area contributed by atoms with Crippen LogP contribution in [0.5, 0.6) is 11.5 Å². The van der Waals surface area contributed by atoms with E-state index in [1.807, 2.05) is 24.3 Å². The number of aliphatic hydroxyl groups excluding tert-OH is 1.